The zero-order chi connectivity index (χ0) is 16.4. The van der Waals surface area contributed by atoms with Crippen molar-refractivity contribution in [3.05, 3.63) is 32.6 Å². The van der Waals surface area contributed by atoms with E-state index in [-0.39, 0.29) is 12.0 Å². The Hall–Kier alpha value is -2.01. The molecule has 2 rings (SSSR count). The van der Waals surface area contributed by atoms with Crippen molar-refractivity contribution in [3.63, 3.8) is 0 Å². The van der Waals surface area contributed by atoms with E-state index in [1.54, 1.807) is 0 Å². The van der Waals surface area contributed by atoms with Crippen LogP contribution in [0.1, 0.15) is 11.8 Å². The van der Waals surface area contributed by atoms with Crippen molar-refractivity contribution in [2.24, 2.45) is 5.73 Å². The number of nitrogens with zero attached hydrogens (tertiary/aromatic N) is 1. The number of methoxy groups -OCH3 is 1. The molecular weight excluding hydrogens is 298 g/mol. The Morgan fingerprint density at radius 1 is 1.55 bits per heavy atom. The molecule has 0 aromatic carbocycles. The van der Waals surface area contributed by atoms with Gasteiger partial charge in [0.1, 0.15) is 18.3 Å². The van der Waals surface area contributed by atoms with Crippen LogP contribution in [-0.4, -0.2) is 57.7 Å². The first-order chi connectivity index (χ1) is 10.4. The maximum atomic E-state index is 11.9. The number of aliphatic hydroxyl groups is 2. The quantitative estimate of drug-likeness (QED) is 0.446. The molecule has 1 aliphatic rings. The minimum atomic E-state index is -1.15. The molecule has 0 bridgehead atoms. The molecule has 122 valence electrons. The second kappa shape index (κ2) is 6.40. The predicted molar refractivity (Wildman–Crippen MR) is 72.0 cm³/mol. The molecule has 0 unspecified atom stereocenters. The number of rotatable bonds is 5. The zero-order valence-electron chi connectivity index (χ0n) is 11.8. The van der Waals surface area contributed by atoms with Crippen LogP contribution in [0.3, 0.4) is 0 Å². The molecule has 0 saturated carbocycles. The van der Waals surface area contributed by atoms with Gasteiger partial charge in [0, 0.05) is 18.9 Å². The van der Waals surface area contributed by atoms with E-state index in [1.807, 2.05) is 4.98 Å². The normalized spacial score (nSPS) is 28.0. The van der Waals surface area contributed by atoms with Gasteiger partial charge in [0.25, 0.3) is 5.56 Å². The molecule has 22 heavy (non-hydrogen) atoms. The molecule has 1 fully saturated rings. The van der Waals surface area contributed by atoms with Crippen LogP contribution >= 0.6 is 0 Å². The fourth-order valence-corrected chi connectivity index (χ4v) is 2.38. The van der Waals surface area contributed by atoms with Gasteiger partial charge in [-0.1, -0.05) is 0 Å². The van der Waals surface area contributed by atoms with E-state index in [1.165, 1.54) is 7.11 Å². The Kier molecular flexibility index (Phi) is 4.76. The lowest BCUT2D eigenvalue weighted by Gasteiger charge is -2.20. The van der Waals surface area contributed by atoms with Crippen LogP contribution in [0, 0.1) is 0 Å². The first-order valence-corrected chi connectivity index (χ1v) is 6.48. The minimum absolute atomic E-state index is 0.0208. The molecule has 1 aromatic rings. The maximum Gasteiger partial charge on any atom is 0.330 e. The number of nitrogens with one attached hydrogen (secondary N) is 1. The Bertz CT molecular complexity index is 667. The van der Waals surface area contributed by atoms with Gasteiger partial charge in [-0.2, -0.15) is 0 Å². The van der Waals surface area contributed by atoms with E-state index in [0.29, 0.717) is 0 Å². The van der Waals surface area contributed by atoms with Gasteiger partial charge in [0.05, 0.1) is 13.0 Å². The van der Waals surface area contributed by atoms with Gasteiger partial charge in [-0.05, 0) is 0 Å². The molecule has 4 atom stereocenters. The number of hydrogen-bond donors (Lipinski definition) is 4. The molecule has 1 amide bonds. The monoisotopic (exact) mass is 315 g/mol. The van der Waals surface area contributed by atoms with Crippen LogP contribution in [0.2, 0.25) is 0 Å². The van der Waals surface area contributed by atoms with Crippen molar-refractivity contribution in [3.8, 4) is 0 Å². The van der Waals surface area contributed by atoms with E-state index in [4.69, 9.17) is 20.3 Å². The number of hydrogen-bond acceptors (Lipinski definition) is 7. The summed E-state index contributed by atoms with van der Waals surface area (Å²) >= 11 is 0. The highest BCUT2D eigenvalue weighted by Gasteiger charge is 2.45. The third-order valence-electron chi connectivity index (χ3n) is 3.45. The molecule has 5 N–H and O–H groups in total. The Balaban J connectivity index is 2.45. The second-order valence-electron chi connectivity index (χ2n) is 4.90. The minimum Gasteiger partial charge on any atom is -0.394 e. The lowest BCUT2D eigenvalue weighted by atomic mass is 10.1. The number of amides is 1. The summed E-state index contributed by atoms with van der Waals surface area (Å²) in [6.45, 7) is -0.468. The van der Waals surface area contributed by atoms with Crippen molar-refractivity contribution in [1.82, 2.24) is 9.55 Å². The number of aromatic amines is 1. The van der Waals surface area contributed by atoms with E-state index < -0.39 is 48.3 Å². The molecular formula is C12H17N3O7. The third kappa shape index (κ3) is 2.95. The second-order valence-corrected chi connectivity index (χ2v) is 4.90. The maximum absolute atomic E-state index is 11.9. The lowest BCUT2D eigenvalue weighted by molar-refractivity contribution is -0.117. The largest absolute Gasteiger partial charge is 0.394 e. The number of primary amides is 1. The van der Waals surface area contributed by atoms with Crippen molar-refractivity contribution in [1.29, 1.82) is 0 Å². The summed E-state index contributed by atoms with van der Waals surface area (Å²) in [7, 11) is 1.31. The molecule has 0 radical (unpaired) electrons. The molecule has 1 aliphatic heterocycles. The van der Waals surface area contributed by atoms with Gasteiger partial charge in [-0.3, -0.25) is 19.1 Å². The van der Waals surface area contributed by atoms with E-state index >= 15 is 0 Å². The zero-order valence-corrected chi connectivity index (χ0v) is 11.8. The highest BCUT2D eigenvalue weighted by molar-refractivity contribution is 5.76. The van der Waals surface area contributed by atoms with Crippen LogP contribution < -0.4 is 17.0 Å². The summed E-state index contributed by atoms with van der Waals surface area (Å²) in [6, 6.07) is 0. The smallest absolute Gasteiger partial charge is 0.330 e. The summed E-state index contributed by atoms with van der Waals surface area (Å²) in [5, 5.41) is 19.1. The number of carbonyl (C=O) groups is 1. The average Bonchev–Trinajstić information content (AvgIpc) is 2.77. The molecule has 0 aliphatic carbocycles. The Morgan fingerprint density at radius 2 is 2.23 bits per heavy atom. The number of nitrogens with two attached hydrogens (primary N) is 1. The van der Waals surface area contributed by atoms with Gasteiger partial charge >= 0.3 is 5.69 Å². The van der Waals surface area contributed by atoms with Crippen molar-refractivity contribution >= 4 is 5.91 Å². The lowest BCUT2D eigenvalue weighted by Crippen LogP contribution is -2.40. The number of H-pyrrole nitrogens is 1. The van der Waals surface area contributed by atoms with Crippen LogP contribution in [0.5, 0.6) is 0 Å². The fraction of sp³-hybridized carbons (Fsp3) is 0.583. The van der Waals surface area contributed by atoms with Gasteiger partial charge in [0.15, 0.2) is 6.23 Å². The van der Waals surface area contributed by atoms with Crippen LogP contribution in [0.25, 0.3) is 0 Å². The first kappa shape index (κ1) is 16.4. The third-order valence-corrected chi connectivity index (χ3v) is 3.45. The van der Waals surface area contributed by atoms with Gasteiger partial charge in [-0.25, -0.2) is 4.79 Å². The molecule has 1 aromatic heterocycles. The molecule has 1 saturated heterocycles. The Labute approximate surface area is 124 Å². The van der Waals surface area contributed by atoms with E-state index in [2.05, 4.69) is 0 Å². The molecule has 10 nitrogen and oxygen atoms in total. The average molecular weight is 315 g/mol. The van der Waals surface area contributed by atoms with Crippen LogP contribution in [0.4, 0.5) is 0 Å². The summed E-state index contributed by atoms with van der Waals surface area (Å²) < 4.78 is 11.5. The van der Waals surface area contributed by atoms with Crippen molar-refractivity contribution < 1.29 is 24.5 Å². The molecule has 10 heteroatoms. The SMILES string of the molecule is CO[C@@H]1[C@@H](O)[C@@H](CO)O[C@H]1n1cc(CC(N)=O)c(=O)[nH]c1=O. The number of aliphatic hydroxyl groups excluding tert-OH is 2. The van der Waals surface area contributed by atoms with Crippen molar-refractivity contribution in [2.75, 3.05) is 13.7 Å². The van der Waals surface area contributed by atoms with Crippen LogP contribution in [-0.2, 0) is 20.7 Å². The summed E-state index contributed by atoms with van der Waals surface area (Å²) in [6.07, 6.45) is -3.30. The molecule has 2 heterocycles. The summed E-state index contributed by atoms with van der Waals surface area (Å²) in [5.74, 6) is -0.736. The summed E-state index contributed by atoms with van der Waals surface area (Å²) in [4.78, 5) is 36.6. The summed E-state index contributed by atoms with van der Waals surface area (Å²) in [5.41, 5.74) is 3.50. The van der Waals surface area contributed by atoms with Crippen LogP contribution in [0.15, 0.2) is 15.8 Å². The van der Waals surface area contributed by atoms with Gasteiger partial charge in [-0.15, -0.1) is 0 Å². The first-order valence-electron chi connectivity index (χ1n) is 6.48. The predicted octanol–water partition coefficient (Wildman–Crippen LogP) is -3.17. The van der Waals surface area contributed by atoms with E-state index in [0.717, 1.165) is 10.8 Å². The topological polar surface area (TPSA) is 157 Å². The van der Waals surface area contributed by atoms with Gasteiger partial charge < -0.3 is 25.4 Å². The van der Waals surface area contributed by atoms with Gasteiger partial charge in [0.2, 0.25) is 5.91 Å². The number of carbonyl (C=O) groups excluding carboxylic acids is 1. The highest BCUT2D eigenvalue weighted by Crippen LogP contribution is 2.30. The van der Waals surface area contributed by atoms with Crippen molar-refractivity contribution in [2.45, 2.75) is 31.0 Å². The highest BCUT2D eigenvalue weighted by atomic mass is 16.6. The standard InChI is InChI=1S/C12H17N3O7/c1-21-9-8(18)6(4-16)22-11(9)15-3-5(2-7(13)17)10(19)14-12(15)20/h3,6,8-9,11,16,18H,2,4H2,1H3,(H2,13,17)(H,14,19,20)/t6-,8+,9-,11-/m1/s1. The number of aromatic nitrogens is 2. The Morgan fingerprint density at radius 3 is 2.77 bits per heavy atom. The fourth-order valence-electron chi connectivity index (χ4n) is 2.38. The van der Waals surface area contributed by atoms with E-state index in [9.17, 15) is 19.5 Å². The molecule has 0 spiro atoms. The number of ether oxygens (including phenoxy) is 2.